The van der Waals surface area contributed by atoms with Gasteiger partial charge in [-0.05, 0) is 6.26 Å². The number of allylic oxidation sites excluding steroid dienone is 4. The molecule has 1 rings (SSSR count). The van der Waals surface area contributed by atoms with Crippen LogP contribution in [-0.4, -0.2) is 11.5 Å². The molecule has 1 aliphatic rings. The summed E-state index contributed by atoms with van der Waals surface area (Å²) in [4.78, 5) is 0. The first-order valence-electron chi connectivity index (χ1n) is 2.98. The van der Waals surface area contributed by atoms with Crippen molar-refractivity contribution in [2.24, 2.45) is 0 Å². The van der Waals surface area contributed by atoms with Gasteiger partial charge in [-0.2, -0.15) is 11.8 Å². The van der Waals surface area contributed by atoms with Crippen LogP contribution in [0, 0.1) is 0 Å². The smallest absolute Gasteiger partial charge is 0.0410 e. The van der Waals surface area contributed by atoms with E-state index in [0.717, 1.165) is 0 Å². The fraction of sp³-hybridized carbons (Fsp3) is 0.250. The van der Waals surface area contributed by atoms with Gasteiger partial charge < -0.3 is 0 Å². The lowest BCUT2D eigenvalue weighted by atomic mass is 10.4. The zero-order chi connectivity index (χ0) is 6.53. The summed E-state index contributed by atoms with van der Waals surface area (Å²) in [5.74, 6) is 0. The number of rotatable bonds is 1. The summed E-state index contributed by atoms with van der Waals surface area (Å²) < 4.78 is 0. The normalized spacial score (nSPS) is 18.3. The Morgan fingerprint density at radius 3 is 2.00 bits per heavy atom. The summed E-state index contributed by atoms with van der Waals surface area (Å²) in [5.41, 5.74) is 0. The Hall–Kier alpha value is -0.430. The van der Waals surface area contributed by atoms with Crippen molar-refractivity contribution >= 4 is 11.8 Å². The molecule has 0 atom stereocenters. The Balaban J connectivity index is 2.58. The largest absolute Gasteiger partial charge is 0.154 e. The van der Waals surface area contributed by atoms with Crippen LogP contribution in [0.4, 0.5) is 0 Å². The van der Waals surface area contributed by atoms with Crippen LogP contribution in [0.3, 0.4) is 0 Å². The highest BCUT2D eigenvalue weighted by molar-refractivity contribution is 7.99. The Morgan fingerprint density at radius 1 is 1.00 bits per heavy atom. The Labute approximate surface area is 60.3 Å². The molecule has 0 aliphatic heterocycles. The molecule has 0 aromatic heterocycles. The standard InChI is InChI=1S/C8H10S/c1-9-8-6-4-2-3-5-7-8/h2-8H,1H3. The first-order valence-corrected chi connectivity index (χ1v) is 4.27. The quantitative estimate of drug-likeness (QED) is 0.536. The van der Waals surface area contributed by atoms with Gasteiger partial charge in [0, 0.05) is 5.25 Å². The lowest BCUT2D eigenvalue weighted by molar-refractivity contribution is 1.43. The van der Waals surface area contributed by atoms with E-state index in [2.05, 4.69) is 30.6 Å². The third-order valence-corrected chi connectivity index (χ3v) is 2.07. The van der Waals surface area contributed by atoms with Gasteiger partial charge in [0.15, 0.2) is 0 Å². The lowest BCUT2D eigenvalue weighted by Gasteiger charge is -1.98. The second-order valence-corrected chi connectivity index (χ2v) is 2.87. The van der Waals surface area contributed by atoms with Crippen molar-refractivity contribution in [2.45, 2.75) is 5.25 Å². The molecule has 0 N–H and O–H groups in total. The van der Waals surface area contributed by atoms with Crippen LogP contribution in [0.25, 0.3) is 0 Å². The molecule has 48 valence electrons. The third-order valence-electron chi connectivity index (χ3n) is 1.21. The van der Waals surface area contributed by atoms with E-state index in [0.29, 0.717) is 5.25 Å². The summed E-state index contributed by atoms with van der Waals surface area (Å²) >= 11 is 1.85. The summed E-state index contributed by atoms with van der Waals surface area (Å²) in [6.07, 6.45) is 14.8. The van der Waals surface area contributed by atoms with E-state index in [1.165, 1.54) is 0 Å². The minimum Gasteiger partial charge on any atom is -0.154 e. The highest BCUT2D eigenvalue weighted by atomic mass is 32.2. The van der Waals surface area contributed by atoms with Crippen molar-refractivity contribution < 1.29 is 0 Å². The van der Waals surface area contributed by atoms with Crippen LogP contribution >= 0.6 is 11.8 Å². The zero-order valence-corrected chi connectivity index (χ0v) is 6.27. The molecule has 0 amide bonds. The van der Waals surface area contributed by atoms with Gasteiger partial charge in [-0.1, -0.05) is 36.5 Å². The molecule has 9 heavy (non-hydrogen) atoms. The predicted molar refractivity (Wildman–Crippen MR) is 44.7 cm³/mol. The minimum atomic E-state index is 0.569. The van der Waals surface area contributed by atoms with Crippen molar-refractivity contribution in [3.63, 3.8) is 0 Å². The molecule has 0 aromatic carbocycles. The average molecular weight is 138 g/mol. The van der Waals surface area contributed by atoms with Gasteiger partial charge >= 0.3 is 0 Å². The van der Waals surface area contributed by atoms with E-state index < -0.39 is 0 Å². The molecule has 0 nitrogen and oxygen atoms in total. The van der Waals surface area contributed by atoms with Crippen molar-refractivity contribution in [1.29, 1.82) is 0 Å². The van der Waals surface area contributed by atoms with E-state index in [1.807, 2.05) is 23.9 Å². The van der Waals surface area contributed by atoms with E-state index in [1.54, 1.807) is 0 Å². The van der Waals surface area contributed by atoms with E-state index >= 15 is 0 Å². The summed E-state index contributed by atoms with van der Waals surface area (Å²) in [5, 5.41) is 0.569. The summed E-state index contributed by atoms with van der Waals surface area (Å²) in [6, 6.07) is 0. The second kappa shape index (κ2) is 3.57. The highest BCUT2D eigenvalue weighted by Gasteiger charge is 1.94. The fourth-order valence-corrected chi connectivity index (χ4v) is 1.19. The van der Waals surface area contributed by atoms with Crippen molar-refractivity contribution in [2.75, 3.05) is 6.26 Å². The first-order chi connectivity index (χ1) is 4.43. The van der Waals surface area contributed by atoms with Crippen LogP contribution in [0.1, 0.15) is 0 Å². The van der Waals surface area contributed by atoms with Crippen molar-refractivity contribution in [3.05, 3.63) is 36.5 Å². The Bertz CT molecular complexity index is 138. The Kier molecular flexibility index (Phi) is 2.65. The summed E-state index contributed by atoms with van der Waals surface area (Å²) in [7, 11) is 0. The van der Waals surface area contributed by atoms with E-state index in [-0.39, 0.29) is 0 Å². The van der Waals surface area contributed by atoms with Crippen LogP contribution in [0.5, 0.6) is 0 Å². The van der Waals surface area contributed by atoms with Gasteiger partial charge in [-0.3, -0.25) is 0 Å². The molecular formula is C8H10S. The van der Waals surface area contributed by atoms with Crippen LogP contribution in [-0.2, 0) is 0 Å². The molecule has 0 spiro atoms. The summed E-state index contributed by atoms with van der Waals surface area (Å²) in [6.45, 7) is 0. The topological polar surface area (TPSA) is 0 Å². The van der Waals surface area contributed by atoms with Gasteiger partial charge in [0.1, 0.15) is 0 Å². The zero-order valence-electron chi connectivity index (χ0n) is 5.45. The molecule has 0 saturated heterocycles. The minimum absolute atomic E-state index is 0.569. The van der Waals surface area contributed by atoms with Gasteiger partial charge in [0.05, 0.1) is 0 Å². The Morgan fingerprint density at radius 2 is 1.56 bits per heavy atom. The lowest BCUT2D eigenvalue weighted by Crippen LogP contribution is -1.88. The second-order valence-electron chi connectivity index (χ2n) is 1.86. The van der Waals surface area contributed by atoms with Gasteiger partial charge in [-0.25, -0.2) is 0 Å². The molecule has 0 bridgehead atoms. The van der Waals surface area contributed by atoms with E-state index in [9.17, 15) is 0 Å². The van der Waals surface area contributed by atoms with Gasteiger partial charge in [-0.15, -0.1) is 0 Å². The van der Waals surface area contributed by atoms with Crippen molar-refractivity contribution in [1.82, 2.24) is 0 Å². The molecule has 0 saturated carbocycles. The van der Waals surface area contributed by atoms with Gasteiger partial charge in [0.2, 0.25) is 0 Å². The molecule has 0 aromatic rings. The maximum Gasteiger partial charge on any atom is 0.0410 e. The SMILES string of the molecule is CSC1C=CC=CC=C1. The highest BCUT2D eigenvalue weighted by Crippen LogP contribution is 2.11. The van der Waals surface area contributed by atoms with Crippen LogP contribution < -0.4 is 0 Å². The molecule has 0 unspecified atom stereocenters. The molecule has 0 fully saturated rings. The maximum atomic E-state index is 2.19. The third kappa shape index (κ3) is 2.10. The predicted octanol–water partition coefficient (Wildman–Crippen LogP) is 2.40. The number of hydrogen-bond donors (Lipinski definition) is 0. The maximum absolute atomic E-state index is 2.19. The monoisotopic (exact) mass is 138 g/mol. The molecular weight excluding hydrogens is 128 g/mol. The molecule has 0 heterocycles. The first kappa shape index (κ1) is 6.69. The molecule has 0 radical (unpaired) electrons. The molecule has 1 aliphatic carbocycles. The number of hydrogen-bond acceptors (Lipinski definition) is 1. The number of thioether (sulfide) groups is 1. The fourth-order valence-electron chi connectivity index (χ4n) is 0.697. The average Bonchev–Trinajstić information content (AvgIpc) is 2.13. The van der Waals surface area contributed by atoms with E-state index in [4.69, 9.17) is 0 Å². The van der Waals surface area contributed by atoms with Crippen molar-refractivity contribution in [3.8, 4) is 0 Å². The van der Waals surface area contributed by atoms with Gasteiger partial charge in [0.25, 0.3) is 0 Å². The van der Waals surface area contributed by atoms with Crippen LogP contribution in [0.2, 0.25) is 0 Å². The molecule has 1 heteroatoms. The van der Waals surface area contributed by atoms with Crippen LogP contribution in [0.15, 0.2) is 36.5 Å².